The second kappa shape index (κ2) is 8.41. The molecule has 0 unspecified atom stereocenters. The summed E-state index contributed by atoms with van der Waals surface area (Å²) in [5.41, 5.74) is 10.0. The molecular formula is C16H23N3OS2. The number of carbonyl (C=O) groups excluding carboxylic acids is 1. The van der Waals surface area contributed by atoms with E-state index in [1.807, 2.05) is 10.3 Å². The van der Waals surface area contributed by atoms with Crippen molar-refractivity contribution < 1.29 is 4.79 Å². The van der Waals surface area contributed by atoms with Gasteiger partial charge in [0.1, 0.15) is 0 Å². The van der Waals surface area contributed by atoms with Crippen LogP contribution < -0.4 is 5.73 Å². The first kappa shape index (κ1) is 17.1. The van der Waals surface area contributed by atoms with E-state index in [1.165, 1.54) is 21.8 Å². The van der Waals surface area contributed by atoms with Crippen molar-refractivity contribution in [3.05, 3.63) is 38.5 Å². The summed E-state index contributed by atoms with van der Waals surface area (Å²) in [6.45, 7) is 5.64. The molecule has 0 spiro atoms. The molecule has 2 aromatic rings. The lowest BCUT2D eigenvalue weighted by Crippen LogP contribution is -2.45. The molecule has 120 valence electrons. The standard InChI is InChI=1S/C16H23N3OS2/c1-3-4-6-19(9-15-12(2)5-7-22-15)16(20)14(17)8-13-10-21-11-18-13/h5,7,10-11,14H,3-4,6,8-9,17H2,1-2H3/t14-/m0/s1. The maximum absolute atomic E-state index is 12.7. The summed E-state index contributed by atoms with van der Waals surface area (Å²) in [6, 6.07) is 1.58. The van der Waals surface area contributed by atoms with Crippen molar-refractivity contribution in [2.45, 2.75) is 45.7 Å². The Morgan fingerprint density at radius 1 is 1.50 bits per heavy atom. The average Bonchev–Trinajstić information content (AvgIpc) is 3.15. The van der Waals surface area contributed by atoms with Crippen LogP contribution in [0.4, 0.5) is 0 Å². The molecule has 0 saturated carbocycles. The number of amides is 1. The van der Waals surface area contributed by atoms with Crippen molar-refractivity contribution in [1.29, 1.82) is 0 Å². The molecule has 0 bridgehead atoms. The van der Waals surface area contributed by atoms with Crippen LogP contribution in [-0.2, 0) is 17.8 Å². The molecule has 2 aromatic heterocycles. The number of carbonyl (C=O) groups is 1. The van der Waals surface area contributed by atoms with E-state index in [0.29, 0.717) is 13.0 Å². The highest BCUT2D eigenvalue weighted by Gasteiger charge is 2.22. The van der Waals surface area contributed by atoms with E-state index in [4.69, 9.17) is 5.73 Å². The zero-order chi connectivity index (χ0) is 15.9. The summed E-state index contributed by atoms with van der Waals surface area (Å²) in [6.07, 6.45) is 2.57. The van der Waals surface area contributed by atoms with Crippen LogP contribution in [0, 0.1) is 6.92 Å². The lowest BCUT2D eigenvalue weighted by atomic mass is 10.1. The summed E-state index contributed by atoms with van der Waals surface area (Å²) in [7, 11) is 0. The fourth-order valence-electron chi connectivity index (χ4n) is 2.24. The molecule has 1 atom stereocenters. The molecule has 0 aliphatic carbocycles. The average molecular weight is 338 g/mol. The van der Waals surface area contributed by atoms with Crippen LogP contribution in [0.5, 0.6) is 0 Å². The topological polar surface area (TPSA) is 59.2 Å². The third-order valence-corrected chi connectivity index (χ3v) is 5.27. The quantitative estimate of drug-likeness (QED) is 0.804. The van der Waals surface area contributed by atoms with E-state index in [9.17, 15) is 4.79 Å². The minimum atomic E-state index is -0.515. The van der Waals surface area contributed by atoms with Crippen LogP contribution in [0.15, 0.2) is 22.3 Å². The summed E-state index contributed by atoms with van der Waals surface area (Å²) in [4.78, 5) is 20.1. The zero-order valence-electron chi connectivity index (χ0n) is 13.1. The van der Waals surface area contributed by atoms with E-state index in [2.05, 4.69) is 30.3 Å². The number of thiazole rings is 1. The number of aryl methyl sites for hydroxylation is 1. The third kappa shape index (κ3) is 4.63. The molecule has 22 heavy (non-hydrogen) atoms. The summed E-state index contributed by atoms with van der Waals surface area (Å²) in [5, 5.41) is 4.02. The van der Waals surface area contributed by atoms with Crippen LogP contribution >= 0.6 is 22.7 Å². The summed E-state index contributed by atoms with van der Waals surface area (Å²) >= 11 is 3.23. The van der Waals surface area contributed by atoms with Crippen molar-refractivity contribution in [2.75, 3.05) is 6.54 Å². The molecule has 2 heterocycles. The number of unbranched alkanes of at least 4 members (excludes halogenated alkanes) is 1. The Labute approximate surface area is 140 Å². The van der Waals surface area contributed by atoms with Gasteiger partial charge in [0.15, 0.2) is 0 Å². The maximum Gasteiger partial charge on any atom is 0.240 e. The first-order valence-corrected chi connectivity index (χ1v) is 9.38. The Morgan fingerprint density at radius 3 is 2.91 bits per heavy atom. The molecule has 2 N–H and O–H groups in total. The van der Waals surface area contributed by atoms with Crippen LogP contribution in [-0.4, -0.2) is 28.4 Å². The third-order valence-electron chi connectivity index (χ3n) is 3.63. The van der Waals surface area contributed by atoms with Gasteiger partial charge in [0.25, 0.3) is 0 Å². The number of nitrogens with two attached hydrogens (primary N) is 1. The van der Waals surface area contributed by atoms with Crippen LogP contribution in [0.1, 0.15) is 35.9 Å². The predicted molar refractivity (Wildman–Crippen MR) is 93.2 cm³/mol. The highest BCUT2D eigenvalue weighted by molar-refractivity contribution is 7.10. The number of rotatable bonds is 8. The van der Waals surface area contributed by atoms with Crippen LogP contribution in [0.3, 0.4) is 0 Å². The van der Waals surface area contributed by atoms with Gasteiger partial charge in [-0.15, -0.1) is 22.7 Å². The number of hydrogen-bond donors (Lipinski definition) is 1. The predicted octanol–water partition coefficient (Wildman–Crippen LogP) is 3.21. The summed E-state index contributed by atoms with van der Waals surface area (Å²) in [5.74, 6) is 0.0225. The lowest BCUT2D eigenvalue weighted by molar-refractivity contribution is -0.133. The normalized spacial score (nSPS) is 12.3. The van der Waals surface area contributed by atoms with E-state index in [0.717, 1.165) is 25.1 Å². The molecule has 0 aromatic carbocycles. The van der Waals surface area contributed by atoms with E-state index in [-0.39, 0.29) is 5.91 Å². The highest BCUT2D eigenvalue weighted by atomic mass is 32.1. The maximum atomic E-state index is 12.7. The molecule has 0 radical (unpaired) electrons. The van der Waals surface area contributed by atoms with Crippen LogP contribution in [0.2, 0.25) is 0 Å². The van der Waals surface area contributed by atoms with Gasteiger partial charge in [-0.05, 0) is 30.4 Å². The fourth-order valence-corrected chi connectivity index (χ4v) is 3.73. The smallest absolute Gasteiger partial charge is 0.240 e. The molecule has 0 aliphatic rings. The minimum Gasteiger partial charge on any atom is -0.336 e. The molecular weight excluding hydrogens is 314 g/mol. The molecule has 0 aliphatic heterocycles. The van der Waals surface area contributed by atoms with E-state index < -0.39 is 6.04 Å². The van der Waals surface area contributed by atoms with Gasteiger partial charge in [-0.25, -0.2) is 4.98 Å². The number of nitrogens with zero attached hydrogens (tertiary/aromatic N) is 2. The second-order valence-electron chi connectivity index (χ2n) is 5.43. The van der Waals surface area contributed by atoms with Gasteiger partial charge in [0, 0.05) is 23.2 Å². The molecule has 1 amide bonds. The number of thiophene rings is 1. The highest BCUT2D eigenvalue weighted by Crippen LogP contribution is 2.19. The Morgan fingerprint density at radius 2 is 2.32 bits per heavy atom. The number of aromatic nitrogens is 1. The molecule has 2 rings (SSSR count). The van der Waals surface area contributed by atoms with Crippen molar-refractivity contribution >= 4 is 28.6 Å². The second-order valence-corrected chi connectivity index (χ2v) is 7.15. The minimum absolute atomic E-state index is 0.0225. The number of hydrogen-bond acceptors (Lipinski definition) is 5. The van der Waals surface area contributed by atoms with Gasteiger partial charge in [0.05, 0.1) is 23.8 Å². The Balaban J connectivity index is 2.03. The van der Waals surface area contributed by atoms with Crippen molar-refractivity contribution in [3.63, 3.8) is 0 Å². The van der Waals surface area contributed by atoms with E-state index in [1.54, 1.807) is 16.8 Å². The molecule has 4 nitrogen and oxygen atoms in total. The first-order chi connectivity index (χ1) is 10.6. The van der Waals surface area contributed by atoms with Gasteiger partial charge in [0.2, 0.25) is 5.91 Å². The summed E-state index contributed by atoms with van der Waals surface area (Å²) < 4.78 is 0. The van der Waals surface area contributed by atoms with Gasteiger partial charge < -0.3 is 10.6 Å². The van der Waals surface area contributed by atoms with Crippen molar-refractivity contribution in [1.82, 2.24) is 9.88 Å². The molecule has 6 heteroatoms. The van der Waals surface area contributed by atoms with E-state index >= 15 is 0 Å². The monoisotopic (exact) mass is 337 g/mol. The van der Waals surface area contributed by atoms with Crippen molar-refractivity contribution in [2.24, 2.45) is 5.73 Å². The van der Waals surface area contributed by atoms with Crippen molar-refractivity contribution in [3.8, 4) is 0 Å². The van der Waals surface area contributed by atoms with Gasteiger partial charge >= 0.3 is 0 Å². The first-order valence-electron chi connectivity index (χ1n) is 7.56. The SMILES string of the molecule is CCCCN(Cc1sccc1C)C(=O)[C@@H](N)Cc1cscn1. The lowest BCUT2D eigenvalue weighted by Gasteiger charge is -2.25. The van der Waals surface area contributed by atoms with Gasteiger partial charge in [-0.2, -0.15) is 0 Å². The van der Waals surface area contributed by atoms with Gasteiger partial charge in [-0.3, -0.25) is 4.79 Å². The van der Waals surface area contributed by atoms with Crippen LogP contribution in [0.25, 0.3) is 0 Å². The Hall–Kier alpha value is -1.24. The van der Waals surface area contributed by atoms with Gasteiger partial charge in [-0.1, -0.05) is 13.3 Å². The molecule has 0 fully saturated rings. The Kier molecular flexibility index (Phi) is 6.54. The largest absolute Gasteiger partial charge is 0.336 e. The fraction of sp³-hybridized carbons (Fsp3) is 0.500. The Bertz CT molecular complexity index is 580. The zero-order valence-corrected chi connectivity index (χ0v) is 14.8. The molecule has 0 saturated heterocycles.